The topological polar surface area (TPSA) is 79.3 Å². The van der Waals surface area contributed by atoms with E-state index in [1.165, 1.54) is 12.8 Å². The highest BCUT2D eigenvalue weighted by Gasteiger charge is 2.28. The molecule has 0 unspecified atom stereocenters. The zero-order valence-electron chi connectivity index (χ0n) is 12.3. The molecule has 0 saturated heterocycles. The van der Waals surface area contributed by atoms with Crippen LogP contribution in [0.2, 0.25) is 0 Å². The first-order valence-electron chi connectivity index (χ1n) is 7.25. The number of ether oxygens (including phenoxy) is 1. The van der Waals surface area contributed by atoms with Gasteiger partial charge in [-0.2, -0.15) is 0 Å². The summed E-state index contributed by atoms with van der Waals surface area (Å²) in [6.07, 6.45) is 3.28. The first-order valence-corrected chi connectivity index (χ1v) is 7.25. The number of aliphatic hydroxyl groups is 1. The molecule has 0 bridgehead atoms. The van der Waals surface area contributed by atoms with Gasteiger partial charge in [-0.1, -0.05) is 0 Å². The Bertz CT molecular complexity index is 435. The van der Waals surface area contributed by atoms with Crippen molar-refractivity contribution in [2.24, 2.45) is 0 Å². The van der Waals surface area contributed by atoms with Gasteiger partial charge in [0, 0.05) is 31.7 Å². The summed E-state index contributed by atoms with van der Waals surface area (Å²) in [5.74, 6) is 3.30. The number of aromatic nitrogens is 2. The van der Waals surface area contributed by atoms with Crippen LogP contribution in [-0.4, -0.2) is 48.5 Å². The van der Waals surface area contributed by atoms with Gasteiger partial charge in [0.25, 0.3) is 0 Å². The molecule has 3 N–H and O–H groups in total. The third-order valence-corrected chi connectivity index (χ3v) is 3.34. The number of hydrogen-bond acceptors (Lipinski definition) is 6. The second kappa shape index (κ2) is 7.40. The van der Waals surface area contributed by atoms with Crippen molar-refractivity contribution in [2.75, 3.05) is 44.0 Å². The Balaban J connectivity index is 1.90. The van der Waals surface area contributed by atoms with E-state index in [0.29, 0.717) is 19.1 Å². The largest absolute Gasteiger partial charge is 0.394 e. The fourth-order valence-corrected chi connectivity index (χ4v) is 2.02. The number of nitrogens with zero attached hydrogens (tertiary/aromatic N) is 2. The summed E-state index contributed by atoms with van der Waals surface area (Å²) in [4.78, 5) is 9.20. The molecule has 2 rings (SSSR count). The zero-order valence-corrected chi connectivity index (χ0v) is 12.3. The molecular formula is C14H24N4O2. The molecule has 1 aliphatic rings. The van der Waals surface area contributed by atoms with Crippen LogP contribution in [0.5, 0.6) is 0 Å². The number of aliphatic hydroxyl groups excluding tert-OH is 1. The van der Waals surface area contributed by atoms with Crippen LogP contribution in [0.4, 0.5) is 11.6 Å². The smallest absolute Gasteiger partial charge is 0.136 e. The van der Waals surface area contributed by atoms with Crippen molar-refractivity contribution < 1.29 is 9.84 Å². The predicted octanol–water partition coefficient (Wildman–Crippen LogP) is 1.52. The van der Waals surface area contributed by atoms with Gasteiger partial charge in [-0.3, -0.25) is 0 Å². The van der Waals surface area contributed by atoms with Crippen molar-refractivity contribution in [3.8, 4) is 0 Å². The molecular weight excluding hydrogens is 256 g/mol. The maximum atomic E-state index is 8.62. The maximum Gasteiger partial charge on any atom is 0.136 e. The molecule has 0 aliphatic heterocycles. The summed E-state index contributed by atoms with van der Waals surface area (Å²) in [6, 6.07) is 0. The van der Waals surface area contributed by atoms with Crippen LogP contribution in [0.1, 0.15) is 36.6 Å². The third-order valence-electron chi connectivity index (χ3n) is 3.34. The lowest BCUT2D eigenvalue weighted by atomic mass is 10.2. The standard InChI is InChI=1S/C14H24N4O2/c1-10-12(15-2)17-14(11-4-5-11)18-13(10)16-6-3-8-20-9-7-19/h11,19H,3-9H2,1-2H3,(H2,15,16,17,18). The predicted molar refractivity (Wildman–Crippen MR) is 79.3 cm³/mol. The van der Waals surface area contributed by atoms with E-state index in [9.17, 15) is 0 Å². The van der Waals surface area contributed by atoms with E-state index < -0.39 is 0 Å². The molecule has 6 nitrogen and oxygen atoms in total. The molecule has 0 spiro atoms. The molecule has 1 heterocycles. The van der Waals surface area contributed by atoms with Crippen molar-refractivity contribution in [1.29, 1.82) is 0 Å². The van der Waals surface area contributed by atoms with Gasteiger partial charge in [0.2, 0.25) is 0 Å². The molecule has 0 amide bonds. The molecule has 0 atom stereocenters. The van der Waals surface area contributed by atoms with Crippen molar-refractivity contribution >= 4 is 11.6 Å². The van der Waals surface area contributed by atoms with E-state index in [1.54, 1.807) is 0 Å². The molecule has 1 aromatic heterocycles. The van der Waals surface area contributed by atoms with Crippen LogP contribution in [0.15, 0.2) is 0 Å². The van der Waals surface area contributed by atoms with Crippen LogP contribution < -0.4 is 10.6 Å². The molecule has 6 heteroatoms. The zero-order chi connectivity index (χ0) is 14.4. The van der Waals surface area contributed by atoms with Gasteiger partial charge < -0.3 is 20.5 Å². The number of rotatable bonds is 9. The van der Waals surface area contributed by atoms with Gasteiger partial charge in [0.05, 0.1) is 13.2 Å². The lowest BCUT2D eigenvalue weighted by Crippen LogP contribution is -2.12. The molecule has 1 fully saturated rings. The van der Waals surface area contributed by atoms with Crippen LogP contribution in [0.3, 0.4) is 0 Å². The third kappa shape index (κ3) is 4.05. The summed E-state index contributed by atoms with van der Waals surface area (Å²) < 4.78 is 5.23. The Morgan fingerprint density at radius 1 is 1.25 bits per heavy atom. The van der Waals surface area contributed by atoms with Gasteiger partial charge >= 0.3 is 0 Å². The molecule has 0 aromatic carbocycles. The molecule has 0 radical (unpaired) electrons. The van der Waals surface area contributed by atoms with E-state index >= 15 is 0 Å². The monoisotopic (exact) mass is 280 g/mol. The summed E-state index contributed by atoms with van der Waals surface area (Å²) >= 11 is 0. The summed E-state index contributed by atoms with van der Waals surface area (Å²) in [5, 5.41) is 15.1. The average molecular weight is 280 g/mol. The van der Waals surface area contributed by atoms with Gasteiger partial charge in [0.1, 0.15) is 17.5 Å². The van der Waals surface area contributed by atoms with E-state index in [1.807, 2.05) is 14.0 Å². The SMILES string of the molecule is CNc1nc(C2CC2)nc(NCCCOCCO)c1C. The van der Waals surface area contributed by atoms with Gasteiger partial charge in [-0.25, -0.2) is 9.97 Å². The minimum absolute atomic E-state index is 0.0781. The van der Waals surface area contributed by atoms with Crippen LogP contribution >= 0.6 is 0 Å². The van der Waals surface area contributed by atoms with E-state index in [4.69, 9.17) is 9.84 Å². The lowest BCUT2D eigenvalue weighted by Gasteiger charge is -2.13. The normalized spacial score (nSPS) is 14.3. The van der Waals surface area contributed by atoms with Crippen LogP contribution in [0.25, 0.3) is 0 Å². The Morgan fingerprint density at radius 3 is 2.65 bits per heavy atom. The Kier molecular flexibility index (Phi) is 5.55. The quantitative estimate of drug-likeness (QED) is 0.595. The highest BCUT2D eigenvalue weighted by atomic mass is 16.5. The fraction of sp³-hybridized carbons (Fsp3) is 0.714. The Morgan fingerprint density at radius 2 is 2.00 bits per heavy atom. The summed E-state index contributed by atoms with van der Waals surface area (Å²) in [6.45, 7) is 3.95. The highest BCUT2D eigenvalue weighted by Crippen LogP contribution is 2.39. The highest BCUT2D eigenvalue weighted by molar-refractivity contribution is 5.57. The van der Waals surface area contributed by atoms with Gasteiger partial charge in [0.15, 0.2) is 0 Å². The van der Waals surface area contributed by atoms with Crippen LogP contribution in [0, 0.1) is 6.92 Å². The van der Waals surface area contributed by atoms with E-state index in [0.717, 1.165) is 36.0 Å². The molecule has 112 valence electrons. The minimum atomic E-state index is 0.0781. The maximum absolute atomic E-state index is 8.62. The second-order valence-corrected chi connectivity index (χ2v) is 5.04. The molecule has 1 aliphatic carbocycles. The lowest BCUT2D eigenvalue weighted by molar-refractivity contribution is 0.0922. The Hall–Kier alpha value is -1.40. The minimum Gasteiger partial charge on any atom is -0.394 e. The summed E-state index contributed by atoms with van der Waals surface area (Å²) in [5.41, 5.74) is 1.05. The van der Waals surface area contributed by atoms with E-state index in [2.05, 4.69) is 20.6 Å². The Labute approximate surface area is 120 Å². The van der Waals surface area contributed by atoms with E-state index in [-0.39, 0.29) is 6.61 Å². The molecule has 1 aromatic rings. The average Bonchev–Trinajstić information content (AvgIpc) is 3.29. The van der Waals surface area contributed by atoms with Crippen molar-refractivity contribution in [2.45, 2.75) is 32.1 Å². The first-order chi connectivity index (χ1) is 9.76. The second-order valence-electron chi connectivity index (χ2n) is 5.04. The van der Waals surface area contributed by atoms with Crippen molar-refractivity contribution in [1.82, 2.24) is 9.97 Å². The first kappa shape index (κ1) is 15.0. The van der Waals surface area contributed by atoms with Gasteiger partial charge in [-0.15, -0.1) is 0 Å². The van der Waals surface area contributed by atoms with Crippen molar-refractivity contribution in [3.63, 3.8) is 0 Å². The van der Waals surface area contributed by atoms with Crippen molar-refractivity contribution in [3.05, 3.63) is 11.4 Å². The van der Waals surface area contributed by atoms with Gasteiger partial charge in [-0.05, 0) is 26.2 Å². The number of nitrogens with one attached hydrogen (secondary N) is 2. The summed E-state index contributed by atoms with van der Waals surface area (Å²) in [7, 11) is 1.89. The number of hydrogen-bond donors (Lipinski definition) is 3. The molecule has 1 saturated carbocycles. The number of anilines is 2. The molecule has 20 heavy (non-hydrogen) atoms. The fourth-order valence-electron chi connectivity index (χ4n) is 2.02. The van der Waals surface area contributed by atoms with Crippen LogP contribution in [-0.2, 0) is 4.74 Å².